The summed E-state index contributed by atoms with van der Waals surface area (Å²) in [6.45, 7) is 11.0. The number of rotatable bonds is 10. The van der Waals surface area contributed by atoms with Gasteiger partial charge in [-0.1, -0.05) is 32.6 Å². The number of likely N-dealkylation sites (N-methyl/N-ethyl adjacent to an activating group) is 1. The Kier molecular flexibility index (Phi) is 9.54. The summed E-state index contributed by atoms with van der Waals surface area (Å²) in [6.07, 6.45) is 8.23. The van der Waals surface area contributed by atoms with Gasteiger partial charge in [-0.25, -0.2) is 0 Å². The highest BCUT2D eigenvalue weighted by molar-refractivity contribution is 4.69. The zero-order valence-corrected chi connectivity index (χ0v) is 12.6. The van der Waals surface area contributed by atoms with Gasteiger partial charge in [0.1, 0.15) is 0 Å². The Labute approximate surface area is 114 Å². The van der Waals surface area contributed by atoms with E-state index in [4.69, 9.17) is 0 Å². The van der Waals surface area contributed by atoms with E-state index in [9.17, 15) is 0 Å². The average molecular weight is 255 g/mol. The molecule has 108 valence electrons. The van der Waals surface area contributed by atoms with E-state index in [-0.39, 0.29) is 0 Å². The first kappa shape index (κ1) is 15.9. The fourth-order valence-corrected chi connectivity index (χ4v) is 2.48. The monoisotopic (exact) mass is 255 g/mol. The van der Waals surface area contributed by atoms with E-state index in [0.29, 0.717) is 0 Å². The number of hydrogen-bond donors (Lipinski definition) is 1. The second kappa shape index (κ2) is 10.8. The van der Waals surface area contributed by atoms with E-state index < -0.39 is 0 Å². The molecule has 0 aromatic heterocycles. The van der Waals surface area contributed by atoms with Gasteiger partial charge < -0.3 is 15.1 Å². The molecule has 0 bridgehead atoms. The minimum absolute atomic E-state index is 1.19. The molecule has 1 aliphatic rings. The van der Waals surface area contributed by atoms with Crippen LogP contribution in [0.4, 0.5) is 0 Å². The first-order valence-electron chi connectivity index (χ1n) is 7.94. The van der Waals surface area contributed by atoms with Crippen molar-refractivity contribution in [1.29, 1.82) is 0 Å². The van der Waals surface area contributed by atoms with Crippen molar-refractivity contribution in [2.24, 2.45) is 0 Å². The molecule has 1 saturated heterocycles. The Morgan fingerprint density at radius 1 is 0.833 bits per heavy atom. The zero-order valence-electron chi connectivity index (χ0n) is 12.6. The normalized spacial score (nSPS) is 18.3. The lowest BCUT2D eigenvalue weighted by molar-refractivity contribution is 0.153. The number of nitrogens with zero attached hydrogens (tertiary/aromatic N) is 2. The molecule has 1 aliphatic heterocycles. The predicted octanol–water partition coefficient (Wildman–Crippen LogP) is 2.18. The van der Waals surface area contributed by atoms with Gasteiger partial charge >= 0.3 is 0 Å². The highest BCUT2D eigenvalue weighted by Crippen LogP contribution is 2.01. The van der Waals surface area contributed by atoms with Gasteiger partial charge in [0.05, 0.1) is 0 Å². The maximum atomic E-state index is 3.57. The van der Waals surface area contributed by atoms with Crippen LogP contribution in [-0.4, -0.2) is 62.7 Å². The zero-order chi connectivity index (χ0) is 13.1. The second-order valence-corrected chi connectivity index (χ2v) is 5.66. The molecule has 0 aromatic carbocycles. The molecule has 0 spiro atoms. The lowest BCUT2D eigenvalue weighted by atomic mass is 10.1. The van der Waals surface area contributed by atoms with Crippen LogP contribution in [0.25, 0.3) is 0 Å². The molecule has 0 atom stereocenters. The largest absolute Gasteiger partial charge is 0.317 e. The molecular formula is C15H33N3. The van der Waals surface area contributed by atoms with Crippen molar-refractivity contribution in [3.8, 4) is 0 Å². The average Bonchev–Trinajstić information content (AvgIpc) is 2.39. The van der Waals surface area contributed by atoms with Gasteiger partial charge in [-0.05, 0) is 39.5 Å². The number of hydrogen-bond acceptors (Lipinski definition) is 3. The fraction of sp³-hybridized carbons (Fsp3) is 1.00. The predicted molar refractivity (Wildman–Crippen MR) is 80.2 cm³/mol. The van der Waals surface area contributed by atoms with Gasteiger partial charge in [-0.2, -0.15) is 0 Å². The fourth-order valence-electron chi connectivity index (χ4n) is 2.48. The Hall–Kier alpha value is -0.120. The molecule has 0 aliphatic carbocycles. The molecule has 0 saturated carbocycles. The molecule has 1 heterocycles. The topological polar surface area (TPSA) is 18.5 Å². The van der Waals surface area contributed by atoms with Crippen LogP contribution in [0.2, 0.25) is 0 Å². The van der Waals surface area contributed by atoms with Crippen molar-refractivity contribution in [2.75, 3.05) is 52.9 Å². The Morgan fingerprint density at radius 3 is 2.22 bits per heavy atom. The lowest BCUT2D eigenvalue weighted by Gasteiger charge is -2.32. The number of unbranched alkanes of at least 4 members (excludes halogenated alkanes) is 4. The number of piperazine rings is 1. The molecule has 18 heavy (non-hydrogen) atoms. The maximum Gasteiger partial charge on any atom is 0.0110 e. The van der Waals surface area contributed by atoms with Crippen LogP contribution in [-0.2, 0) is 0 Å². The molecule has 1 rings (SSSR count). The van der Waals surface area contributed by atoms with E-state index >= 15 is 0 Å². The molecule has 3 heteroatoms. The van der Waals surface area contributed by atoms with Gasteiger partial charge in [0.15, 0.2) is 0 Å². The summed E-state index contributed by atoms with van der Waals surface area (Å²) in [7, 11) is 2.22. The third-order valence-electron chi connectivity index (χ3n) is 3.88. The maximum absolute atomic E-state index is 3.57. The minimum Gasteiger partial charge on any atom is -0.317 e. The third kappa shape index (κ3) is 8.06. The van der Waals surface area contributed by atoms with Crippen LogP contribution in [0.5, 0.6) is 0 Å². The molecule has 0 unspecified atom stereocenters. The van der Waals surface area contributed by atoms with Crippen molar-refractivity contribution in [3.63, 3.8) is 0 Å². The van der Waals surface area contributed by atoms with E-state index in [2.05, 4.69) is 29.1 Å². The summed E-state index contributed by atoms with van der Waals surface area (Å²) in [5.41, 5.74) is 0. The molecule has 0 aromatic rings. The van der Waals surface area contributed by atoms with Crippen molar-refractivity contribution >= 4 is 0 Å². The molecule has 0 radical (unpaired) electrons. The molecule has 1 fully saturated rings. The summed E-state index contributed by atoms with van der Waals surface area (Å²) in [5, 5.41) is 3.57. The van der Waals surface area contributed by atoms with Gasteiger partial charge in [0.25, 0.3) is 0 Å². The molecule has 1 N–H and O–H groups in total. The highest BCUT2D eigenvalue weighted by atomic mass is 15.2. The summed E-state index contributed by atoms with van der Waals surface area (Å²) in [5.74, 6) is 0. The first-order valence-corrected chi connectivity index (χ1v) is 7.94. The van der Waals surface area contributed by atoms with Gasteiger partial charge in [-0.15, -0.1) is 0 Å². The third-order valence-corrected chi connectivity index (χ3v) is 3.88. The van der Waals surface area contributed by atoms with E-state index in [0.717, 1.165) is 0 Å². The van der Waals surface area contributed by atoms with Crippen LogP contribution < -0.4 is 5.32 Å². The summed E-state index contributed by atoms with van der Waals surface area (Å²) < 4.78 is 0. The van der Waals surface area contributed by atoms with E-state index in [1.54, 1.807) is 0 Å². The van der Waals surface area contributed by atoms with Crippen LogP contribution in [0.15, 0.2) is 0 Å². The smallest absolute Gasteiger partial charge is 0.0110 e. The summed E-state index contributed by atoms with van der Waals surface area (Å²) >= 11 is 0. The van der Waals surface area contributed by atoms with Crippen molar-refractivity contribution < 1.29 is 0 Å². The summed E-state index contributed by atoms with van der Waals surface area (Å²) in [4.78, 5) is 5.02. The van der Waals surface area contributed by atoms with Crippen molar-refractivity contribution in [3.05, 3.63) is 0 Å². The van der Waals surface area contributed by atoms with Gasteiger partial charge in [0.2, 0.25) is 0 Å². The highest BCUT2D eigenvalue weighted by Gasteiger charge is 2.12. The Balaban J connectivity index is 1.78. The second-order valence-electron chi connectivity index (χ2n) is 5.66. The minimum atomic E-state index is 1.19. The Morgan fingerprint density at radius 2 is 1.50 bits per heavy atom. The van der Waals surface area contributed by atoms with Crippen LogP contribution in [0.1, 0.15) is 45.4 Å². The van der Waals surface area contributed by atoms with Gasteiger partial charge in [-0.3, -0.25) is 0 Å². The standard InChI is InChI=1S/C15H33N3/c1-3-4-5-6-7-9-16-10-8-11-18-14-12-17(2)13-15-18/h16H,3-15H2,1-2H3. The quantitative estimate of drug-likeness (QED) is 0.604. The molecule has 3 nitrogen and oxygen atoms in total. The van der Waals surface area contributed by atoms with E-state index in [1.165, 1.54) is 84.3 Å². The Bertz CT molecular complexity index is 177. The van der Waals surface area contributed by atoms with Crippen LogP contribution in [0.3, 0.4) is 0 Å². The van der Waals surface area contributed by atoms with Gasteiger partial charge in [0, 0.05) is 26.2 Å². The SMILES string of the molecule is CCCCCCCNCCCN1CCN(C)CC1. The first-order chi connectivity index (χ1) is 8.83. The van der Waals surface area contributed by atoms with Crippen molar-refractivity contribution in [2.45, 2.75) is 45.4 Å². The van der Waals surface area contributed by atoms with Crippen molar-refractivity contribution in [1.82, 2.24) is 15.1 Å². The molecular weight excluding hydrogens is 222 g/mol. The van der Waals surface area contributed by atoms with Crippen LogP contribution >= 0.6 is 0 Å². The number of nitrogens with one attached hydrogen (secondary N) is 1. The molecule has 0 amide bonds. The van der Waals surface area contributed by atoms with E-state index in [1.807, 2.05) is 0 Å². The van der Waals surface area contributed by atoms with Crippen LogP contribution in [0, 0.1) is 0 Å². The lowest BCUT2D eigenvalue weighted by Crippen LogP contribution is -2.45. The summed E-state index contributed by atoms with van der Waals surface area (Å²) in [6, 6.07) is 0.